The summed E-state index contributed by atoms with van der Waals surface area (Å²) in [7, 11) is 0. The van der Waals surface area contributed by atoms with E-state index in [2.05, 4.69) is 55.2 Å². The van der Waals surface area contributed by atoms with E-state index in [0.29, 0.717) is 0 Å². The molecule has 0 fully saturated rings. The van der Waals surface area contributed by atoms with Gasteiger partial charge < -0.3 is 15.4 Å². The van der Waals surface area contributed by atoms with Crippen LogP contribution in [0.15, 0.2) is 6.07 Å². The summed E-state index contributed by atoms with van der Waals surface area (Å²) in [5, 5.41) is 6.68. The maximum absolute atomic E-state index is 5.53. The molecule has 0 saturated heterocycles. The highest BCUT2D eigenvalue weighted by Gasteiger charge is 2.19. The molecule has 1 aromatic heterocycles. The Morgan fingerprint density at radius 1 is 1.14 bits per heavy atom. The lowest BCUT2D eigenvalue weighted by molar-refractivity contribution is 0.0855. The van der Waals surface area contributed by atoms with E-state index in [-0.39, 0.29) is 11.5 Å². The fraction of sp³-hybridized carbons (Fsp3) is 0.750. The third kappa shape index (κ3) is 6.29. The molecule has 0 saturated carbocycles. The van der Waals surface area contributed by atoms with Gasteiger partial charge in [0, 0.05) is 31.2 Å². The van der Waals surface area contributed by atoms with Crippen LogP contribution in [0.25, 0.3) is 0 Å². The van der Waals surface area contributed by atoms with Crippen molar-refractivity contribution in [2.24, 2.45) is 0 Å². The highest BCUT2D eigenvalue weighted by molar-refractivity contribution is 5.48. The Balaban J connectivity index is 2.85. The normalized spacial score (nSPS) is 13.0. The van der Waals surface area contributed by atoms with Gasteiger partial charge in [-0.05, 0) is 20.3 Å². The van der Waals surface area contributed by atoms with Crippen molar-refractivity contribution >= 4 is 11.6 Å². The largest absolute Gasteiger partial charge is 0.377 e. The number of ether oxygens (including phenoxy) is 1. The van der Waals surface area contributed by atoms with Gasteiger partial charge in [0.2, 0.25) is 0 Å². The van der Waals surface area contributed by atoms with Crippen LogP contribution < -0.4 is 10.6 Å². The van der Waals surface area contributed by atoms with Gasteiger partial charge in [-0.3, -0.25) is 0 Å². The topological polar surface area (TPSA) is 59.1 Å². The Morgan fingerprint density at radius 2 is 1.76 bits per heavy atom. The van der Waals surface area contributed by atoms with Crippen LogP contribution in [0, 0.1) is 0 Å². The molecule has 120 valence electrons. The molecule has 0 aliphatic carbocycles. The number of nitrogens with zero attached hydrogens (tertiary/aromatic N) is 2. The summed E-state index contributed by atoms with van der Waals surface area (Å²) in [6, 6.07) is 1.96. The quantitative estimate of drug-likeness (QED) is 0.769. The Morgan fingerprint density at radius 3 is 2.29 bits per heavy atom. The van der Waals surface area contributed by atoms with E-state index in [1.165, 1.54) is 0 Å². The van der Waals surface area contributed by atoms with Crippen molar-refractivity contribution in [3.63, 3.8) is 0 Å². The first-order valence-corrected chi connectivity index (χ1v) is 7.85. The molecule has 1 atom stereocenters. The molecule has 0 bridgehead atoms. The van der Waals surface area contributed by atoms with Crippen LogP contribution >= 0.6 is 0 Å². The number of aromatic nitrogens is 2. The first kappa shape index (κ1) is 17.7. The van der Waals surface area contributed by atoms with Crippen LogP contribution in [0.2, 0.25) is 0 Å². The second kappa shape index (κ2) is 8.17. The highest BCUT2D eigenvalue weighted by atomic mass is 16.5. The molecule has 2 N–H and O–H groups in total. The molecule has 21 heavy (non-hydrogen) atoms. The molecule has 0 spiro atoms. The first-order chi connectivity index (χ1) is 9.86. The number of hydrogen-bond acceptors (Lipinski definition) is 5. The maximum Gasteiger partial charge on any atom is 0.138 e. The lowest BCUT2D eigenvalue weighted by Gasteiger charge is -2.20. The van der Waals surface area contributed by atoms with Gasteiger partial charge >= 0.3 is 0 Å². The molecule has 0 amide bonds. The van der Waals surface area contributed by atoms with E-state index >= 15 is 0 Å². The Bertz CT molecular complexity index is 429. The minimum Gasteiger partial charge on any atom is -0.377 e. The van der Waals surface area contributed by atoms with Crippen molar-refractivity contribution in [3.8, 4) is 0 Å². The van der Waals surface area contributed by atoms with Crippen molar-refractivity contribution in [3.05, 3.63) is 11.9 Å². The molecule has 0 radical (unpaired) electrons. The first-order valence-electron chi connectivity index (χ1n) is 7.85. The van der Waals surface area contributed by atoms with Crippen molar-refractivity contribution in [1.82, 2.24) is 9.97 Å². The molecule has 0 aromatic carbocycles. The van der Waals surface area contributed by atoms with Gasteiger partial charge in [-0.15, -0.1) is 0 Å². The van der Waals surface area contributed by atoms with Crippen LogP contribution in [-0.4, -0.2) is 35.8 Å². The third-order valence-corrected chi connectivity index (χ3v) is 2.97. The Hall–Kier alpha value is -1.36. The zero-order valence-corrected chi connectivity index (χ0v) is 14.3. The fourth-order valence-electron chi connectivity index (χ4n) is 1.81. The lowest BCUT2D eigenvalue weighted by Crippen LogP contribution is -2.22. The van der Waals surface area contributed by atoms with Gasteiger partial charge in [0.1, 0.15) is 17.5 Å². The van der Waals surface area contributed by atoms with E-state index < -0.39 is 0 Å². The zero-order chi connectivity index (χ0) is 15.9. The lowest BCUT2D eigenvalue weighted by atomic mass is 9.96. The van der Waals surface area contributed by atoms with Gasteiger partial charge in [0.25, 0.3) is 0 Å². The predicted octanol–water partition coefficient (Wildman–Crippen LogP) is 3.43. The monoisotopic (exact) mass is 294 g/mol. The van der Waals surface area contributed by atoms with E-state index in [0.717, 1.165) is 43.6 Å². The van der Waals surface area contributed by atoms with Crippen LogP contribution in [0.4, 0.5) is 11.6 Å². The Kier molecular flexibility index (Phi) is 6.89. The number of rotatable bonds is 8. The average Bonchev–Trinajstić information content (AvgIpc) is 2.42. The molecule has 1 rings (SSSR count). The molecule has 1 unspecified atom stereocenters. The molecule has 5 heteroatoms. The summed E-state index contributed by atoms with van der Waals surface area (Å²) in [4.78, 5) is 9.24. The van der Waals surface area contributed by atoms with Crippen LogP contribution in [0.5, 0.6) is 0 Å². The van der Waals surface area contributed by atoms with Gasteiger partial charge in [0.05, 0.1) is 6.10 Å². The molecule has 5 nitrogen and oxygen atoms in total. The Labute approximate surface area is 128 Å². The van der Waals surface area contributed by atoms with Crippen molar-refractivity contribution in [2.45, 2.75) is 59.5 Å². The molecule has 1 heterocycles. The van der Waals surface area contributed by atoms with Crippen LogP contribution in [0.1, 0.15) is 53.8 Å². The van der Waals surface area contributed by atoms with Crippen molar-refractivity contribution in [2.75, 3.05) is 30.3 Å². The van der Waals surface area contributed by atoms with E-state index in [4.69, 9.17) is 4.74 Å². The number of anilines is 2. The minimum atomic E-state index is -0.0775. The summed E-state index contributed by atoms with van der Waals surface area (Å²) in [5.41, 5.74) is -0.0775. The summed E-state index contributed by atoms with van der Waals surface area (Å²) < 4.78 is 5.53. The predicted molar refractivity (Wildman–Crippen MR) is 89.1 cm³/mol. The van der Waals surface area contributed by atoms with E-state index in [1.807, 2.05) is 13.0 Å². The fourth-order valence-corrected chi connectivity index (χ4v) is 1.81. The van der Waals surface area contributed by atoms with Gasteiger partial charge in [-0.2, -0.15) is 0 Å². The summed E-state index contributed by atoms with van der Waals surface area (Å²) in [6.45, 7) is 14.9. The van der Waals surface area contributed by atoms with Gasteiger partial charge in [-0.1, -0.05) is 27.7 Å². The highest BCUT2D eigenvalue weighted by Crippen LogP contribution is 2.22. The number of nitrogens with one attached hydrogen (secondary N) is 2. The zero-order valence-electron chi connectivity index (χ0n) is 14.3. The SMILES string of the molecule is CCCNc1cc(NCC(C)OCC)nc(C(C)(C)C)n1. The maximum atomic E-state index is 5.53. The molecular formula is C16H30N4O. The van der Waals surface area contributed by atoms with Crippen LogP contribution in [0.3, 0.4) is 0 Å². The van der Waals surface area contributed by atoms with Crippen molar-refractivity contribution in [1.29, 1.82) is 0 Å². The standard InChI is InChI=1S/C16H30N4O/c1-7-9-17-13-10-14(18-11-12(3)21-8-2)20-15(19-13)16(4,5)6/h10,12H,7-9,11H2,1-6H3,(H2,17,18,19,20). The van der Waals surface area contributed by atoms with Crippen LogP contribution in [-0.2, 0) is 10.2 Å². The summed E-state index contributed by atoms with van der Waals surface area (Å²) in [5.74, 6) is 2.57. The second-order valence-corrected chi connectivity index (χ2v) is 6.29. The molecule has 1 aromatic rings. The average molecular weight is 294 g/mol. The minimum absolute atomic E-state index is 0.0775. The number of hydrogen-bond donors (Lipinski definition) is 2. The van der Waals surface area contributed by atoms with Crippen molar-refractivity contribution < 1.29 is 4.74 Å². The second-order valence-electron chi connectivity index (χ2n) is 6.29. The van der Waals surface area contributed by atoms with E-state index in [9.17, 15) is 0 Å². The molecular weight excluding hydrogens is 264 g/mol. The summed E-state index contributed by atoms with van der Waals surface area (Å²) in [6.07, 6.45) is 1.23. The smallest absolute Gasteiger partial charge is 0.138 e. The third-order valence-electron chi connectivity index (χ3n) is 2.97. The van der Waals surface area contributed by atoms with E-state index in [1.54, 1.807) is 0 Å². The van der Waals surface area contributed by atoms with Gasteiger partial charge in [0.15, 0.2) is 0 Å². The van der Waals surface area contributed by atoms with Gasteiger partial charge in [-0.25, -0.2) is 9.97 Å². The summed E-state index contributed by atoms with van der Waals surface area (Å²) >= 11 is 0. The molecule has 0 aliphatic heterocycles. The molecule has 0 aliphatic rings.